The van der Waals surface area contributed by atoms with Gasteiger partial charge in [0.2, 0.25) is 0 Å². The van der Waals surface area contributed by atoms with E-state index in [1.165, 1.54) is 0 Å². The fraction of sp³-hybridized carbons (Fsp3) is 0.500. The Bertz CT molecular complexity index is 393. The molecule has 0 amide bonds. The molecule has 0 fully saturated rings. The fourth-order valence-corrected chi connectivity index (χ4v) is 1.18. The first kappa shape index (κ1) is 12.5. The zero-order valence-corrected chi connectivity index (χ0v) is 8.05. The Balaban J connectivity index is 3.01. The third kappa shape index (κ3) is 2.15. The second kappa shape index (κ2) is 4.50. The number of aromatic amines is 1. The summed E-state index contributed by atoms with van der Waals surface area (Å²) >= 11 is 0. The molecule has 4 nitrogen and oxygen atoms in total. The topological polar surface area (TPSA) is 66.0 Å². The van der Waals surface area contributed by atoms with Crippen molar-refractivity contribution >= 4 is 5.97 Å². The van der Waals surface area contributed by atoms with E-state index in [4.69, 9.17) is 5.11 Å². The highest BCUT2D eigenvalue weighted by atomic mass is 19.3. The number of rotatable bonds is 4. The lowest BCUT2D eigenvalue weighted by molar-refractivity contribution is 0.00136. The molecule has 0 saturated heterocycles. The third-order valence-electron chi connectivity index (χ3n) is 2.05. The Kier molecular flexibility index (Phi) is 3.51. The van der Waals surface area contributed by atoms with Gasteiger partial charge in [-0.1, -0.05) is 0 Å². The molecule has 1 heterocycles. The number of carboxylic acid groups (broad SMARTS) is 1. The van der Waals surface area contributed by atoms with Crippen LogP contribution in [0.1, 0.15) is 27.9 Å². The van der Waals surface area contributed by atoms with Crippen LogP contribution in [-0.4, -0.2) is 33.9 Å². The molecule has 0 bridgehead atoms. The van der Waals surface area contributed by atoms with Crippen molar-refractivity contribution in [1.82, 2.24) is 10.2 Å². The SMILES string of the molecule is Cc1c(C(=O)O)n[nH]c1C(F)C(F)C(F)F. The molecular weight excluding hydrogens is 232 g/mol. The maximum atomic E-state index is 13.2. The largest absolute Gasteiger partial charge is 0.476 e. The molecule has 0 saturated carbocycles. The van der Waals surface area contributed by atoms with E-state index in [1.54, 1.807) is 0 Å². The molecule has 0 aromatic carbocycles. The zero-order chi connectivity index (χ0) is 12.5. The monoisotopic (exact) mass is 240 g/mol. The quantitative estimate of drug-likeness (QED) is 0.791. The molecule has 2 N–H and O–H groups in total. The molecule has 0 aliphatic rings. The van der Waals surface area contributed by atoms with Gasteiger partial charge in [-0.3, -0.25) is 5.10 Å². The minimum atomic E-state index is -3.48. The van der Waals surface area contributed by atoms with E-state index in [1.807, 2.05) is 5.10 Å². The number of carbonyl (C=O) groups is 1. The van der Waals surface area contributed by atoms with Crippen LogP contribution in [0.15, 0.2) is 0 Å². The number of halogens is 4. The van der Waals surface area contributed by atoms with Crippen LogP contribution in [-0.2, 0) is 0 Å². The first-order valence-corrected chi connectivity index (χ1v) is 4.20. The number of H-pyrrole nitrogens is 1. The number of hydrogen-bond acceptors (Lipinski definition) is 2. The van der Waals surface area contributed by atoms with Crippen LogP contribution in [0.25, 0.3) is 0 Å². The molecule has 0 aliphatic heterocycles. The summed E-state index contributed by atoms with van der Waals surface area (Å²) in [5.74, 6) is -1.44. The number of alkyl halides is 4. The molecule has 1 rings (SSSR count). The van der Waals surface area contributed by atoms with E-state index in [0.717, 1.165) is 6.92 Å². The summed E-state index contributed by atoms with van der Waals surface area (Å²) in [7, 11) is 0. The van der Waals surface area contributed by atoms with Gasteiger partial charge < -0.3 is 5.11 Å². The van der Waals surface area contributed by atoms with Gasteiger partial charge in [0.05, 0.1) is 5.69 Å². The molecule has 8 heteroatoms. The molecular formula is C8H8F4N2O2. The summed E-state index contributed by atoms with van der Waals surface area (Å²) in [6.07, 6.45) is -9.12. The van der Waals surface area contributed by atoms with Crippen LogP contribution < -0.4 is 0 Å². The van der Waals surface area contributed by atoms with Crippen LogP contribution in [0, 0.1) is 6.92 Å². The second-order valence-electron chi connectivity index (χ2n) is 3.10. The van der Waals surface area contributed by atoms with Crippen LogP contribution >= 0.6 is 0 Å². The van der Waals surface area contributed by atoms with Crippen molar-refractivity contribution in [2.75, 3.05) is 0 Å². The highest BCUT2D eigenvalue weighted by Gasteiger charge is 2.34. The number of aromatic nitrogens is 2. The summed E-state index contributed by atoms with van der Waals surface area (Å²) < 4.78 is 49.7. The summed E-state index contributed by atoms with van der Waals surface area (Å²) in [5, 5.41) is 13.7. The Hall–Kier alpha value is -1.60. The molecule has 2 atom stereocenters. The first-order valence-electron chi connectivity index (χ1n) is 4.20. The van der Waals surface area contributed by atoms with Crippen molar-refractivity contribution in [3.8, 4) is 0 Å². The van der Waals surface area contributed by atoms with Crippen molar-refractivity contribution in [2.45, 2.75) is 25.7 Å². The highest BCUT2D eigenvalue weighted by Crippen LogP contribution is 2.29. The second-order valence-corrected chi connectivity index (χ2v) is 3.10. The average Bonchev–Trinajstić information content (AvgIpc) is 2.57. The molecule has 0 aliphatic carbocycles. The number of aromatic carboxylic acids is 1. The average molecular weight is 240 g/mol. The van der Waals surface area contributed by atoms with E-state index in [0.29, 0.717) is 0 Å². The van der Waals surface area contributed by atoms with Gasteiger partial charge in [-0.05, 0) is 6.92 Å². The lowest BCUT2D eigenvalue weighted by Gasteiger charge is -2.11. The Morgan fingerprint density at radius 2 is 1.94 bits per heavy atom. The van der Waals surface area contributed by atoms with Gasteiger partial charge in [0.1, 0.15) is 0 Å². The first-order chi connectivity index (χ1) is 7.36. The third-order valence-corrected chi connectivity index (χ3v) is 2.05. The molecule has 2 unspecified atom stereocenters. The van der Waals surface area contributed by atoms with E-state index in [2.05, 4.69) is 5.10 Å². The van der Waals surface area contributed by atoms with Crippen molar-refractivity contribution in [3.63, 3.8) is 0 Å². The van der Waals surface area contributed by atoms with E-state index in [9.17, 15) is 22.4 Å². The molecule has 16 heavy (non-hydrogen) atoms. The fourth-order valence-electron chi connectivity index (χ4n) is 1.18. The maximum Gasteiger partial charge on any atom is 0.356 e. The molecule has 1 aromatic heterocycles. The van der Waals surface area contributed by atoms with E-state index >= 15 is 0 Å². The predicted octanol–water partition coefficient (Wildman–Crippen LogP) is 2.03. The molecule has 90 valence electrons. The molecule has 1 aromatic rings. The van der Waals surface area contributed by atoms with Crippen LogP contribution in [0.2, 0.25) is 0 Å². The van der Waals surface area contributed by atoms with Crippen molar-refractivity contribution in [3.05, 3.63) is 17.0 Å². The smallest absolute Gasteiger partial charge is 0.356 e. The van der Waals surface area contributed by atoms with Gasteiger partial charge in [-0.15, -0.1) is 0 Å². The minimum Gasteiger partial charge on any atom is -0.476 e. The van der Waals surface area contributed by atoms with E-state index in [-0.39, 0.29) is 5.56 Å². The molecule has 0 radical (unpaired) electrons. The van der Waals surface area contributed by atoms with Gasteiger partial charge in [0.15, 0.2) is 18.0 Å². The summed E-state index contributed by atoms with van der Waals surface area (Å²) in [5.41, 5.74) is -1.28. The Labute approximate surface area is 87.3 Å². The van der Waals surface area contributed by atoms with Crippen LogP contribution in [0.4, 0.5) is 17.6 Å². The standard InChI is InChI=1S/C8H8F4N2O2/c1-2-5(3(9)4(10)7(11)12)13-14-6(2)8(15)16/h3-4,7H,1H3,(H,13,14)(H,15,16). The van der Waals surface area contributed by atoms with Crippen molar-refractivity contribution in [2.24, 2.45) is 0 Å². The number of nitrogens with one attached hydrogen (secondary N) is 1. The van der Waals surface area contributed by atoms with E-state index < -0.39 is 36.1 Å². The van der Waals surface area contributed by atoms with Gasteiger partial charge in [-0.2, -0.15) is 5.10 Å². The lowest BCUT2D eigenvalue weighted by atomic mass is 10.1. The minimum absolute atomic E-state index is 0.191. The Morgan fingerprint density at radius 1 is 1.38 bits per heavy atom. The van der Waals surface area contributed by atoms with Crippen molar-refractivity contribution < 1.29 is 27.5 Å². The lowest BCUT2D eigenvalue weighted by Crippen LogP contribution is -2.19. The van der Waals surface area contributed by atoms with Gasteiger partial charge in [-0.25, -0.2) is 22.4 Å². The zero-order valence-electron chi connectivity index (χ0n) is 8.05. The van der Waals surface area contributed by atoms with Gasteiger partial charge in [0, 0.05) is 5.56 Å². The number of carboxylic acids is 1. The molecule has 0 spiro atoms. The maximum absolute atomic E-state index is 13.2. The normalized spacial score (nSPS) is 15.1. The highest BCUT2D eigenvalue weighted by molar-refractivity contribution is 5.87. The Morgan fingerprint density at radius 3 is 2.31 bits per heavy atom. The van der Waals surface area contributed by atoms with Crippen LogP contribution in [0.3, 0.4) is 0 Å². The number of nitrogens with zero attached hydrogens (tertiary/aromatic N) is 1. The van der Waals surface area contributed by atoms with Crippen molar-refractivity contribution in [1.29, 1.82) is 0 Å². The predicted molar refractivity (Wildman–Crippen MR) is 45.0 cm³/mol. The summed E-state index contributed by atoms with van der Waals surface area (Å²) in [6, 6.07) is 0. The summed E-state index contributed by atoms with van der Waals surface area (Å²) in [6.45, 7) is 1.16. The van der Waals surface area contributed by atoms with Gasteiger partial charge in [0.25, 0.3) is 6.43 Å². The van der Waals surface area contributed by atoms with Crippen LogP contribution in [0.5, 0.6) is 0 Å². The van der Waals surface area contributed by atoms with Gasteiger partial charge >= 0.3 is 5.97 Å². The summed E-state index contributed by atoms with van der Waals surface area (Å²) in [4.78, 5) is 10.5. The number of hydrogen-bond donors (Lipinski definition) is 2.